The Labute approximate surface area is 231 Å². The monoisotopic (exact) mass is 688 g/mol. The fourth-order valence-corrected chi connectivity index (χ4v) is 5.87. The van der Waals surface area contributed by atoms with Gasteiger partial charge >= 0.3 is 0 Å². The van der Waals surface area contributed by atoms with Gasteiger partial charge in [-0.1, -0.05) is 42.5 Å². The molecule has 0 radical (unpaired) electrons. The zero-order valence-electron chi connectivity index (χ0n) is 19.2. The molecule has 0 bridgehead atoms. The predicted molar refractivity (Wildman–Crippen MR) is 156 cm³/mol. The number of fused-ring (bicyclic) bond motifs is 1. The van der Waals surface area contributed by atoms with Crippen LogP contribution in [0.5, 0.6) is 5.75 Å². The predicted octanol–water partition coefficient (Wildman–Crippen LogP) is 6.80. The lowest BCUT2D eigenvalue weighted by atomic mass is 10.1. The van der Waals surface area contributed by atoms with Crippen LogP contribution in [0.15, 0.2) is 65.8 Å². The first-order valence-electron chi connectivity index (χ1n) is 10.8. The lowest BCUT2D eigenvalue weighted by Gasteiger charge is -2.13. The number of benzene rings is 3. The van der Waals surface area contributed by atoms with E-state index in [4.69, 9.17) is 9.47 Å². The van der Waals surface area contributed by atoms with Crippen LogP contribution in [0.3, 0.4) is 0 Å². The van der Waals surface area contributed by atoms with Crippen molar-refractivity contribution in [3.05, 3.63) is 95.8 Å². The summed E-state index contributed by atoms with van der Waals surface area (Å²) in [5.74, 6) is 1.26. The molecule has 3 aromatic carbocycles. The van der Waals surface area contributed by atoms with Crippen molar-refractivity contribution in [1.29, 1.82) is 5.26 Å². The zero-order valence-corrected chi connectivity index (χ0v) is 23.5. The van der Waals surface area contributed by atoms with Gasteiger partial charge in [-0.15, -0.1) is 0 Å². The fraction of sp³-hybridized carbons (Fsp3) is 0.148. The first-order chi connectivity index (χ1) is 17.0. The normalized spacial score (nSPS) is 11.1. The Hall–Kier alpha value is -2.75. The number of nitrogens with zero attached hydrogens (tertiary/aromatic N) is 3. The second-order valence-corrected chi connectivity index (χ2v) is 10.1. The molecule has 0 unspecified atom stereocenters. The summed E-state index contributed by atoms with van der Waals surface area (Å²) in [5.41, 5.74) is 6.96. The second kappa shape index (κ2) is 11.8. The number of aromatic nitrogens is 1. The average molecular weight is 688 g/mol. The minimum absolute atomic E-state index is 0.335. The summed E-state index contributed by atoms with van der Waals surface area (Å²) < 4.78 is 13.4. The number of methoxy groups -OCH3 is 1. The summed E-state index contributed by atoms with van der Waals surface area (Å²) in [6.45, 7) is 2.69. The highest BCUT2D eigenvalue weighted by atomic mass is 127. The maximum Gasteiger partial charge on any atom is 0.164 e. The Bertz CT molecular complexity index is 1420. The molecule has 176 valence electrons. The van der Waals surface area contributed by atoms with Crippen molar-refractivity contribution in [3.63, 3.8) is 0 Å². The largest absolute Gasteiger partial charge is 0.487 e. The Morgan fingerprint density at radius 2 is 1.77 bits per heavy atom. The molecule has 1 N–H and O–H groups in total. The lowest BCUT2D eigenvalue weighted by molar-refractivity contribution is 0.184. The van der Waals surface area contributed by atoms with Crippen molar-refractivity contribution < 1.29 is 9.47 Å². The SMILES string of the molecule is COCc1cc(C)nc(N/N=C/c2cc(I)c(OCc3cccc4ccccc34)c(I)c2)c1C#N. The number of halogens is 2. The van der Waals surface area contributed by atoms with Gasteiger partial charge in [0.15, 0.2) is 5.82 Å². The van der Waals surface area contributed by atoms with Gasteiger partial charge in [0, 0.05) is 18.4 Å². The molecule has 35 heavy (non-hydrogen) atoms. The zero-order chi connectivity index (χ0) is 24.8. The second-order valence-electron chi connectivity index (χ2n) is 7.80. The van der Waals surface area contributed by atoms with E-state index in [1.54, 1.807) is 13.3 Å². The van der Waals surface area contributed by atoms with E-state index in [1.165, 1.54) is 10.8 Å². The number of hydrogen-bond acceptors (Lipinski definition) is 6. The van der Waals surface area contributed by atoms with Gasteiger partial charge in [0.05, 0.1) is 20.0 Å². The first-order valence-corrected chi connectivity index (χ1v) is 12.9. The minimum atomic E-state index is 0.335. The molecule has 0 aliphatic carbocycles. The van der Waals surface area contributed by atoms with Gasteiger partial charge in [0.1, 0.15) is 24.0 Å². The third-order valence-corrected chi connectivity index (χ3v) is 6.90. The average Bonchev–Trinajstić information content (AvgIpc) is 2.84. The molecular formula is C27H22I2N4O2. The molecule has 6 nitrogen and oxygen atoms in total. The fourth-order valence-electron chi connectivity index (χ4n) is 3.74. The third-order valence-electron chi connectivity index (χ3n) is 5.30. The van der Waals surface area contributed by atoms with Gasteiger partial charge in [-0.05, 0) is 92.2 Å². The molecule has 0 saturated carbocycles. The molecule has 0 aliphatic heterocycles. The number of anilines is 1. The van der Waals surface area contributed by atoms with Crippen LogP contribution in [0.2, 0.25) is 0 Å². The molecule has 0 aliphatic rings. The van der Waals surface area contributed by atoms with Gasteiger partial charge in [0.25, 0.3) is 0 Å². The summed E-state index contributed by atoms with van der Waals surface area (Å²) in [5, 5.41) is 16.3. The number of rotatable bonds is 8. The first kappa shape index (κ1) is 25.3. The number of nitriles is 1. The summed E-state index contributed by atoms with van der Waals surface area (Å²) >= 11 is 4.57. The third kappa shape index (κ3) is 6.09. The molecular weight excluding hydrogens is 666 g/mol. The molecule has 0 amide bonds. The number of pyridine rings is 1. The van der Waals surface area contributed by atoms with E-state index < -0.39 is 0 Å². The molecule has 0 fully saturated rings. The topological polar surface area (TPSA) is 79.5 Å². The molecule has 0 atom stereocenters. The van der Waals surface area contributed by atoms with Crippen molar-refractivity contribution >= 4 is 68.0 Å². The van der Waals surface area contributed by atoms with Gasteiger partial charge in [-0.2, -0.15) is 10.4 Å². The number of nitrogens with one attached hydrogen (secondary N) is 1. The summed E-state index contributed by atoms with van der Waals surface area (Å²) in [4.78, 5) is 4.42. The van der Waals surface area contributed by atoms with E-state index >= 15 is 0 Å². The minimum Gasteiger partial charge on any atom is -0.487 e. The Kier molecular flexibility index (Phi) is 8.54. The van der Waals surface area contributed by atoms with Gasteiger partial charge in [0.2, 0.25) is 0 Å². The highest BCUT2D eigenvalue weighted by molar-refractivity contribution is 14.1. The quantitative estimate of drug-likeness (QED) is 0.125. The van der Waals surface area contributed by atoms with Crippen molar-refractivity contribution in [1.82, 2.24) is 4.98 Å². The molecule has 8 heteroatoms. The molecule has 4 rings (SSSR count). The van der Waals surface area contributed by atoms with E-state index in [0.29, 0.717) is 24.6 Å². The van der Waals surface area contributed by atoms with Crippen LogP contribution in [0.25, 0.3) is 10.8 Å². The number of hydrazone groups is 1. The Balaban J connectivity index is 1.50. The van der Waals surface area contributed by atoms with E-state index in [0.717, 1.165) is 35.3 Å². The van der Waals surface area contributed by atoms with Crippen molar-refractivity contribution in [2.45, 2.75) is 20.1 Å². The van der Waals surface area contributed by atoms with Crippen molar-refractivity contribution in [3.8, 4) is 11.8 Å². The van der Waals surface area contributed by atoms with Gasteiger partial charge < -0.3 is 9.47 Å². The van der Waals surface area contributed by atoms with Crippen molar-refractivity contribution in [2.24, 2.45) is 5.10 Å². The van der Waals surface area contributed by atoms with E-state index in [-0.39, 0.29) is 0 Å². The van der Waals surface area contributed by atoms with E-state index in [9.17, 15) is 5.26 Å². The molecule has 4 aromatic rings. The number of ether oxygens (including phenoxy) is 2. The van der Waals surface area contributed by atoms with Crippen LogP contribution in [-0.4, -0.2) is 18.3 Å². The Morgan fingerprint density at radius 1 is 1.03 bits per heavy atom. The smallest absolute Gasteiger partial charge is 0.164 e. The van der Waals surface area contributed by atoms with Crippen LogP contribution in [-0.2, 0) is 18.0 Å². The van der Waals surface area contributed by atoms with Gasteiger partial charge in [-0.25, -0.2) is 4.98 Å². The lowest BCUT2D eigenvalue weighted by Crippen LogP contribution is -2.04. The maximum absolute atomic E-state index is 9.57. The number of aryl methyl sites for hydroxylation is 1. The maximum atomic E-state index is 9.57. The highest BCUT2D eigenvalue weighted by Crippen LogP contribution is 2.30. The summed E-state index contributed by atoms with van der Waals surface area (Å²) in [6.07, 6.45) is 1.71. The summed E-state index contributed by atoms with van der Waals surface area (Å²) in [7, 11) is 1.60. The molecule has 0 spiro atoms. The van der Waals surface area contributed by atoms with E-state index in [1.807, 2.05) is 37.3 Å². The molecule has 1 heterocycles. The number of hydrogen-bond donors (Lipinski definition) is 1. The van der Waals surface area contributed by atoms with Crippen LogP contribution in [0.1, 0.15) is 27.9 Å². The Morgan fingerprint density at radius 3 is 2.51 bits per heavy atom. The standard InChI is InChI=1S/C27H22I2N4O2/c1-17-10-21(15-34-2)23(13-30)27(32-17)33-31-14-18-11-24(28)26(25(29)12-18)35-16-20-8-5-7-19-6-3-4-9-22(19)20/h3-12,14H,15-16H2,1-2H3,(H,32,33)/b31-14+. The van der Waals surface area contributed by atoms with E-state index in [2.05, 4.69) is 97.1 Å². The molecule has 1 aromatic heterocycles. The van der Waals surface area contributed by atoms with Crippen LogP contribution >= 0.6 is 45.2 Å². The van der Waals surface area contributed by atoms with Crippen molar-refractivity contribution in [2.75, 3.05) is 12.5 Å². The summed E-state index contributed by atoms with van der Waals surface area (Å²) in [6, 6.07) is 22.6. The van der Waals surface area contributed by atoms with Crippen LogP contribution < -0.4 is 10.2 Å². The molecule has 0 saturated heterocycles. The van der Waals surface area contributed by atoms with Crippen LogP contribution in [0, 0.1) is 25.4 Å². The van der Waals surface area contributed by atoms with Crippen LogP contribution in [0.4, 0.5) is 5.82 Å². The van der Waals surface area contributed by atoms with Gasteiger partial charge in [-0.3, -0.25) is 5.43 Å². The highest BCUT2D eigenvalue weighted by Gasteiger charge is 2.12.